The van der Waals surface area contributed by atoms with Crippen molar-refractivity contribution in [3.8, 4) is 0 Å². The fourth-order valence-electron chi connectivity index (χ4n) is 0.623. The van der Waals surface area contributed by atoms with Crippen LogP contribution in [0.25, 0.3) is 10.4 Å². The SMILES string of the molecule is CC(=O)NC(C)C(C)N=[N+]=[N-]. The Labute approximate surface area is 65.4 Å². The fourth-order valence-corrected chi connectivity index (χ4v) is 0.623. The molecule has 0 aromatic heterocycles. The van der Waals surface area contributed by atoms with E-state index in [1.807, 2.05) is 0 Å². The molecule has 5 nitrogen and oxygen atoms in total. The molecule has 11 heavy (non-hydrogen) atoms. The Kier molecular flexibility index (Phi) is 4.07. The molecule has 0 aromatic rings. The number of hydrogen-bond acceptors (Lipinski definition) is 2. The third kappa shape index (κ3) is 4.22. The van der Waals surface area contributed by atoms with Crippen molar-refractivity contribution in [3.05, 3.63) is 10.4 Å². The summed E-state index contributed by atoms with van der Waals surface area (Å²) in [4.78, 5) is 13.2. The van der Waals surface area contributed by atoms with Crippen LogP contribution in [-0.2, 0) is 4.79 Å². The molecular weight excluding hydrogens is 144 g/mol. The van der Waals surface area contributed by atoms with Crippen LogP contribution in [0.5, 0.6) is 0 Å². The number of azide groups is 1. The minimum Gasteiger partial charge on any atom is -0.353 e. The molecule has 1 amide bonds. The van der Waals surface area contributed by atoms with Gasteiger partial charge in [-0.05, 0) is 12.5 Å². The molecule has 0 spiro atoms. The Balaban J connectivity index is 3.91. The molecule has 0 bridgehead atoms. The maximum Gasteiger partial charge on any atom is 0.217 e. The van der Waals surface area contributed by atoms with Crippen LogP contribution in [-0.4, -0.2) is 18.0 Å². The number of rotatable bonds is 3. The molecule has 62 valence electrons. The number of hydrogen-bond donors (Lipinski definition) is 1. The van der Waals surface area contributed by atoms with Gasteiger partial charge in [0.2, 0.25) is 5.91 Å². The molecule has 0 saturated heterocycles. The van der Waals surface area contributed by atoms with E-state index in [-0.39, 0.29) is 18.0 Å². The Hall–Kier alpha value is -1.22. The number of carbonyl (C=O) groups is 1. The molecule has 0 aliphatic heterocycles. The quantitative estimate of drug-likeness (QED) is 0.372. The molecule has 1 N–H and O–H groups in total. The van der Waals surface area contributed by atoms with Gasteiger partial charge >= 0.3 is 0 Å². The predicted molar refractivity (Wildman–Crippen MR) is 41.9 cm³/mol. The molecule has 0 aromatic carbocycles. The van der Waals surface area contributed by atoms with Crippen molar-refractivity contribution in [2.75, 3.05) is 0 Å². The van der Waals surface area contributed by atoms with Crippen LogP contribution in [0.15, 0.2) is 5.11 Å². The zero-order valence-electron chi connectivity index (χ0n) is 6.90. The molecule has 2 unspecified atom stereocenters. The molecule has 0 rings (SSSR count). The first-order valence-electron chi connectivity index (χ1n) is 3.39. The van der Waals surface area contributed by atoms with Crippen molar-refractivity contribution >= 4 is 5.91 Å². The van der Waals surface area contributed by atoms with Crippen LogP contribution in [0.4, 0.5) is 0 Å². The topological polar surface area (TPSA) is 77.9 Å². The van der Waals surface area contributed by atoms with Crippen molar-refractivity contribution in [1.29, 1.82) is 0 Å². The minimum absolute atomic E-state index is 0.108. The lowest BCUT2D eigenvalue weighted by Crippen LogP contribution is -2.37. The highest BCUT2D eigenvalue weighted by Gasteiger charge is 2.09. The van der Waals surface area contributed by atoms with Crippen molar-refractivity contribution in [3.63, 3.8) is 0 Å². The third-order valence-electron chi connectivity index (χ3n) is 1.39. The van der Waals surface area contributed by atoms with E-state index in [4.69, 9.17) is 5.53 Å². The monoisotopic (exact) mass is 156 g/mol. The summed E-state index contributed by atoms with van der Waals surface area (Å²) in [6, 6.07) is -0.313. The number of nitrogens with one attached hydrogen (secondary N) is 1. The fraction of sp³-hybridized carbons (Fsp3) is 0.833. The van der Waals surface area contributed by atoms with Crippen molar-refractivity contribution in [1.82, 2.24) is 5.32 Å². The van der Waals surface area contributed by atoms with Gasteiger partial charge in [-0.15, -0.1) is 0 Å². The Morgan fingerprint density at radius 2 is 2.18 bits per heavy atom. The summed E-state index contributed by atoms with van der Waals surface area (Å²) in [5, 5.41) is 6.07. The lowest BCUT2D eigenvalue weighted by atomic mass is 10.2. The van der Waals surface area contributed by atoms with Crippen molar-refractivity contribution in [2.24, 2.45) is 5.11 Å². The molecule has 0 heterocycles. The Bertz CT molecular complexity index is 185. The van der Waals surface area contributed by atoms with Crippen LogP contribution < -0.4 is 5.32 Å². The average molecular weight is 156 g/mol. The van der Waals surface area contributed by atoms with E-state index in [2.05, 4.69) is 15.3 Å². The van der Waals surface area contributed by atoms with E-state index in [1.54, 1.807) is 13.8 Å². The molecule has 0 aliphatic rings. The van der Waals surface area contributed by atoms with Gasteiger partial charge in [-0.3, -0.25) is 4.79 Å². The summed E-state index contributed by atoms with van der Waals surface area (Å²) in [5.41, 5.74) is 8.07. The summed E-state index contributed by atoms with van der Waals surface area (Å²) in [7, 11) is 0. The second-order valence-electron chi connectivity index (χ2n) is 2.43. The van der Waals surface area contributed by atoms with Gasteiger partial charge in [-0.1, -0.05) is 12.0 Å². The molecule has 0 aliphatic carbocycles. The van der Waals surface area contributed by atoms with E-state index in [9.17, 15) is 4.79 Å². The van der Waals surface area contributed by atoms with E-state index in [1.165, 1.54) is 6.92 Å². The van der Waals surface area contributed by atoms with Crippen molar-refractivity contribution < 1.29 is 4.79 Å². The Morgan fingerprint density at radius 1 is 1.64 bits per heavy atom. The highest BCUT2D eigenvalue weighted by molar-refractivity contribution is 5.73. The largest absolute Gasteiger partial charge is 0.353 e. The third-order valence-corrected chi connectivity index (χ3v) is 1.39. The van der Waals surface area contributed by atoms with Crippen molar-refractivity contribution in [2.45, 2.75) is 32.9 Å². The standard InChI is InChI=1S/C6H12N4O/c1-4(8-6(3)11)5(2)9-10-7/h4-5H,1-3H3,(H,8,11). The van der Waals surface area contributed by atoms with Crippen LogP contribution in [0.3, 0.4) is 0 Å². The second kappa shape index (κ2) is 4.57. The Morgan fingerprint density at radius 3 is 2.55 bits per heavy atom. The number of nitrogens with zero attached hydrogens (tertiary/aromatic N) is 3. The van der Waals surface area contributed by atoms with Gasteiger partial charge in [0.1, 0.15) is 0 Å². The van der Waals surface area contributed by atoms with Crippen LogP contribution in [0.1, 0.15) is 20.8 Å². The molecule has 2 atom stereocenters. The summed E-state index contributed by atoms with van der Waals surface area (Å²) in [5.74, 6) is -0.113. The van der Waals surface area contributed by atoms with Crippen LogP contribution in [0, 0.1) is 0 Å². The lowest BCUT2D eigenvalue weighted by molar-refractivity contribution is -0.119. The highest BCUT2D eigenvalue weighted by Crippen LogP contribution is 1.96. The highest BCUT2D eigenvalue weighted by atomic mass is 16.1. The van der Waals surface area contributed by atoms with Gasteiger partial charge in [0.05, 0.1) is 6.04 Å². The molecule has 0 radical (unpaired) electrons. The molecule has 0 fully saturated rings. The normalized spacial score (nSPS) is 14.5. The lowest BCUT2D eigenvalue weighted by Gasteiger charge is -2.15. The maximum absolute atomic E-state index is 10.5. The van der Waals surface area contributed by atoms with Gasteiger partial charge < -0.3 is 5.32 Å². The second-order valence-corrected chi connectivity index (χ2v) is 2.43. The number of carbonyl (C=O) groups excluding carboxylic acids is 1. The van der Waals surface area contributed by atoms with Crippen LogP contribution >= 0.6 is 0 Å². The average Bonchev–Trinajstić information content (AvgIpc) is 1.86. The maximum atomic E-state index is 10.5. The van der Waals surface area contributed by atoms with Crippen LogP contribution in [0.2, 0.25) is 0 Å². The van der Waals surface area contributed by atoms with Gasteiger partial charge in [-0.25, -0.2) is 0 Å². The first-order chi connectivity index (χ1) is 5.07. The van der Waals surface area contributed by atoms with E-state index >= 15 is 0 Å². The summed E-state index contributed by atoms with van der Waals surface area (Å²) in [6.45, 7) is 4.97. The predicted octanol–water partition coefficient (Wildman–Crippen LogP) is 1.21. The van der Waals surface area contributed by atoms with Gasteiger partial charge in [0.15, 0.2) is 0 Å². The first-order valence-corrected chi connectivity index (χ1v) is 3.39. The summed E-state index contributed by atoms with van der Waals surface area (Å²) < 4.78 is 0. The molecule has 0 saturated carbocycles. The van der Waals surface area contributed by atoms with Gasteiger partial charge in [-0.2, -0.15) is 0 Å². The zero-order valence-corrected chi connectivity index (χ0v) is 6.90. The molecular formula is C6H12N4O. The summed E-state index contributed by atoms with van der Waals surface area (Å²) in [6.07, 6.45) is 0. The van der Waals surface area contributed by atoms with Gasteiger partial charge in [0, 0.05) is 17.9 Å². The minimum atomic E-state index is -0.205. The van der Waals surface area contributed by atoms with E-state index in [0.29, 0.717) is 0 Å². The zero-order chi connectivity index (χ0) is 8.85. The van der Waals surface area contributed by atoms with Gasteiger partial charge in [0.25, 0.3) is 0 Å². The van der Waals surface area contributed by atoms with E-state index < -0.39 is 0 Å². The summed E-state index contributed by atoms with van der Waals surface area (Å²) >= 11 is 0. The number of amides is 1. The first kappa shape index (κ1) is 9.78. The van der Waals surface area contributed by atoms with E-state index in [0.717, 1.165) is 0 Å². The smallest absolute Gasteiger partial charge is 0.217 e. The molecule has 5 heteroatoms.